The van der Waals surface area contributed by atoms with Crippen LogP contribution in [0.3, 0.4) is 0 Å². The maximum absolute atomic E-state index is 7.03. The number of aromatic nitrogens is 4. The van der Waals surface area contributed by atoms with E-state index in [1.54, 1.807) is 0 Å². The monoisotopic (exact) mass is 733 g/mol. The molecule has 4 heterocycles. The van der Waals surface area contributed by atoms with Gasteiger partial charge in [0, 0.05) is 55.9 Å². The Kier molecular flexibility index (Phi) is 7.08. The third-order valence-corrected chi connectivity index (χ3v) is 12.0. The molecule has 2 aliphatic carbocycles. The molecule has 57 heavy (non-hydrogen) atoms. The SMILES string of the molecule is C1=CC2C3C=Cc4c(n(-c5ccccc5)c5ccccc45)C3N(c3cccc4c3oc3cccc(-c5nc(-c6ccccc6)nc(-c6ccccc6)n5)c34)C2C=C1. The third kappa shape index (κ3) is 4.87. The summed E-state index contributed by atoms with van der Waals surface area (Å²) >= 11 is 0. The van der Waals surface area contributed by atoms with Crippen molar-refractivity contribution in [1.29, 1.82) is 0 Å². The molecule has 0 bridgehead atoms. The van der Waals surface area contributed by atoms with Crippen LogP contribution in [0.15, 0.2) is 186 Å². The summed E-state index contributed by atoms with van der Waals surface area (Å²) in [6.07, 6.45) is 14.0. The van der Waals surface area contributed by atoms with Crippen molar-refractivity contribution in [3.63, 3.8) is 0 Å². The molecule has 0 N–H and O–H groups in total. The van der Waals surface area contributed by atoms with Crippen LogP contribution in [0.1, 0.15) is 17.3 Å². The average molecular weight is 734 g/mol. The van der Waals surface area contributed by atoms with E-state index in [1.807, 2.05) is 66.7 Å². The van der Waals surface area contributed by atoms with Gasteiger partial charge in [-0.2, -0.15) is 0 Å². The summed E-state index contributed by atoms with van der Waals surface area (Å²) in [5, 5.41) is 3.29. The summed E-state index contributed by atoms with van der Waals surface area (Å²) in [4.78, 5) is 17.9. The van der Waals surface area contributed by atoms with E-state index in [9.17, 15) is 0 Å². The Labute approximate surface area is 329 Å². The molecule has 12 rings (SSSR count). The Morgan fingerprint density at radius 2 is 1.18 bits per heavy atom. The normalized spacial score (nSPS) is 19.3. The lowest BCUT2D eigenvalue weighted by atomic mass is 9.80. The van der Waals surface area contributed by atoms with Crippen LogP contribution in [0.5, 0.6) is 0 Å². The molecule has 6 nitrogen and oxygen atoms in total. The first-order valence-electron chi connectivity index (χ1n) is 19.6. The Hall–Kier alpha value is -7.31. The molecule has 3 aromatic heterocycles. The van der Waals surface area contributed by atoms with Crippen LogP contribution in [0.4, 0.5) is 5.69 Å². The minimum absolute atomic E-state index is 0.0451. The van der Waals surface area contributed by atoms with Gasteiger partial charge in [-0.3, -0.25) is 0 Å². The molecule has 0 saturated carbocycles. The largest absolute Gasteiger partial charge is 0.454 e. The second-order valence-corrected chi connectivity index (χ2v) is 15.1. The highest BCUT2D eigenvalue weighted by atomic mass is 16.3. The summed E-state index contributed by atoms with van der Waals surface area (Å²) in [5.74, 6) is 2.42. The van der Waals surface area contributed by atoms with Gasteiger partial charge < -0.3 is 13.9 Å². The number of benzene rings is 6. The van der Waals surface area contributed by atoms with Gasteiger partial charge in [0.25, 0.3) is 0 Å². The fraction of sp³-hybridized carbons (Fsp3) is 0.0784. The van der Waals surface area contributed by atoms with Crippen LogP contribution in [0.2, 0.25) is 0 Å². The van der Waals surface area contributed by atoms with Gasteiger partial charge in [-0.1, -0.05) is 158 Å². The standard InChI is InChI=1S/C51H35N5O/c1-4-16-32(17-5-1)49-52-50(33-18-6-2-7-19-33)54-51(53-49)40-25-15-29-44-45(40)39-24-14-28-43(48(39)57-44)56-42-27-13-11-23-36(42)38-31-30-37-35-22-10-12-26-41(35)55(46(37)47(38)56)34-20-8-3-9-21-34/h1-31,36,38,42,47H. The molecule has 270 valence electrons. The molecule has 4 atom stereocenters. The van der Waals surface area contributed by atoms with Crippen molar-refractivity contribution in [1.82, 2.24) is 19.5 Å². The van der Waals surface area contributed by atoms with Crippen LogP contribution in [0, 0.1) is 11.8 Å². The number of para-hydroxylation sites is 3. The fourth-order valence-corrected chi connectivity index (χ4v) is 9.65. The van der Waals surface area contributed by atoms with E-state index in [2.05, 4.69) is 131 Å². The predicted octanol–water partition coefficient (Wildman–Crippen LogP) is 12.0. The summed E-state index contributed by atoms with van der Waals surface area (Å²) in [7, 11) is 0. The van der Waals surface area contributed by atoms with Crippen LogP contribution in [-0.2, 0) is 0 Å². The number of rotatable bonds is 5. The highest BCUT2D eigenvalue weighted by Gasteiger charge is 2.51. The lowest BCUT2D eigenvalue weighted by Crippen LogP contribution is -2.34. The van der Waals surface area contributed by atoms with Gasteiger partial charge in [0.2, 0.25) is 0 Å². The number of anilines is 1. The van der Waals surface area contributed by atoms with Crippen LogP contribution >= 0.6 is 0 Å². The van der Waals surface area contributed by atoms with E-state index in [0.717, 1.165) is 44.3 Å². The average Bonchev–Trinajstić information content (AvgIpc) is 3.95. The van der Waals surface area contributed by atoms with Gasteiger partial charge >= 0.3 is 0 Å². The zero-order valence-electron chi connectivity index (χ0n) is 30.9. The first-order valence-corrected chi connectivity index (χ1v) is 19.6. The quantitative estimate of drug-likeness (QED) is 0.176. The Bertz CT molecular complexity index is 3050. The molecule has 6 heteroatoms. The minimum atomic E-state index is 0.0451. The molecule has 9 aromatic rings. The Morgan fingerprint density at radius 1 is 0.526 bits per heavy atom. The number of allylic oxidation sites excluding steroid dienone is 2. The maximum Gasteiger partial charge on any atom is 0.164 e. The van der Waals surface area contributed by atoms with E-state index < -0.39 is 0 Å². The van der Waals surface area contributed by atoms with Gasteiger partial charge in [-0.25, -0.2) is 15.0 Å². The van der Waals surface area contributed by atoms with E-state index in [4.69, 9.17) is 19.4 Å². The Morgan fingerprint density at radius 3 is 1.95 bits per heavy atom. The maximum atomic E-state index is 7.03. The smallest absolute Gasteiger partial charge is 0.164 e. The lowest BCUT2D eigenvalue weighted by Gasteiger charge is -2.35. The number of hydrogen-bond acceptors (Lipinski definition) is 5. The van der Waals surface area contributed by atoms with Gasteiger partial charge in [-0.15, -0.1) is 0 Å². The summed E-state index contributed by atoms with van der Waals surface area (Å²) in [5.41, 5.74) is 10.5. The zero-order valence-corrected chi connectivity index (χ0v) is 30.9. The van der Waals surface area contributed by atoms with Crippen LogP contribution in [0.25, 0.3) is 78.8 Å². The van der Waals surface area contributed by atoms with Crippen LogP contribution < -0.4 is 4.90 Å². The van der Waals surface area contributed by atoms with Crippen molar-refractivity contribution >= 4 is 44.6 Å². The highest BCUT2D eigenvalue weighted by Crippen LogP contribution is 2.56. The first kappa shape index (κ1) is 32.0. The third-order valence-electron chi connectivity index (χ3n) is 12.0. The molecule has 4 unspecified atom stereocenters. The topological polar surface area (TPSA) is 60.0 Å². The number of nitrogens with zero attached hydrogens (tertiary/aromatic N) is 5. The lowest BCUT2D eigenvalue weighted by molar-refractivity contribution is 0.493. The minimum Gasteiger partial charge on any atom is -0.454 e. The van der Waals surface area contributed by atoms with Crippen molar-refractivity contribution in [3.05, 3.63) is 193 Å². The summed E-state index contributed by atoms with van der Waals surface area (Å²) in [6, 6.07) is 52.9. The fourth-order valence-electron chi connectivity index (χ4n) is 9.65. The first-order chi connectivity index (χ1) is 28.3. The molecule has 0 spiro atoms. The summed E-state index contributed by atoms with van der Waals surface area (Å²) in [6.45, 7) is 0. The molecule has 1 saturated heterocycles. The van der Waals surface area contributed by atoms with E-state index in [0.29, 0.717) is 23.4 Å². The highest BCUT2D eigenvalue weighted by molar-refractivity contribution is 6.14. The molecular formula is C51H35N5O. The van der Waals surface area contributed by atoms with Crippen molar-refractivity contribution in [2.45, 2.75) is 12.1 Å². The molecule has 1 aliphatic heterocycles. The molecule has 0 amide bonds. The molecular weight excluding hydrogens is 699 g/mol. The van der Waals surface area contributed by atoms with Crippen molar-refractivity contribution < 1.29 is 4.42 Å². The van der Waals surface area contributed by atoms with Crippen molar-refractivity contribution in [3.8, 4) is 39.9 Å². The number of furan rings is 1. The molecule has 6 aromatic carbocycles. The second-order valence-electron chi connectivity index (χ2n) is 15.1. The van der Waals surface area contributed by atoms with Gasteiger partial charge in [0.05, 0.1) is 29.0 Å². The van der Waals surface area contributed by atoms with Crippen molar-refractivity contribution in [2.75, 3.05) is 4.90 Å². The Balaban J connectivity index is 1.08. The van der Waals surface area contributed by atoms with Crippen molar-refractivity contribution in [2.24, 2.45) is 11.8 Å². The molecule has 1 fully saturated rings. The van der Waals surface area contributed by atoms with Gasteiger partial charge in [0.15, 0.2) is 23.1 Å². The molecule has 3 aliphatic rings. The van der Waals surface area contributed by atoms with E-state index >= 15 is 0 Å². The zero-order chi connectivity index (χ0) is 37.5. The second kappa shape index (κ2) is 12.6. The molecule has 0 radical (unpaired) electrons. The number of fused-ring (bicyclic) bond motifs is 10. The van der Waals surface area contributed by atoms with E-state index in [1.165, 1.54) is 27.8 Å². The van der Waals surface area contributed by atoms with Gasteiger partial charge in [0.1, 0.15) is 5.58 Å². The van der Waals surface area contributed by atoms with Crippen LogP contribution in [-0.4, -0.2) is 25.6 Å². The van der Waals surface area contributed by atoms with Gasteiger partial charge in [-0.05, 0) is 30.3 Å². The predicted molar refractivity (Wildman–Crippen MR) is 230 cm³/mol. The van der Waals surface area contributed by atoms with E-state index in [-0.39, 0.29) is 18.0 Å². The summed E-state index contributed by atoms with van der Waals surface area (Å²) < 4.78 is 9.53. The number of hydrogen-bond donors (Lipinski definition) is 0.